The van der Waals surface area contributed by atoms with Gasteiger partial charge in [-0.3, -0.25) is 15.0 Å². The summed E-state index contributed by atoms with van der Waals surface area (Å²) >= 11 is 0. The normalized spacial score (nSPS) is 24.3. The maximum Gasteiger partial charge on any atom is 0.321 e. The molecule has 3 amide bonds. The summed E-state index contributed by atoms with van der Waals surface area (Å²) in [6.07, 6.45) is -1.65. The second-order valence-electron chi connectivity index (χ2n) is 4.98. The summed E-state index contributed by atoms with van der Waals surface area (Å²) in [6, 6.07) is -0.519. The van der Waals surface area contributed by atoms with Gasteiger partial charge in [0.05, 0.1) is 18.8 Å². The summed E-state index contributed by atoms with van der Waals surface area (Å²) in [6.45, 7) is 4.87. The fourth-order valence-corrected chi connectivity index (χ4v) is 1.69. The molecule has 1 aliphatic rings. The molecule has 104 valence electrons. The van der Waals surface area contributed by atoms with Gasteiger partial charge in [0.2, 0.25) is 5.91 Å². The summed E-state index contributed by atoms with van der Waals surface area (Å²) in [5.41, 5.74) is 0. The number of likely N-dealkylation sites (tertiary alicyclic amines) is 1. The van der Waals surface area contributed by atoms with Gasteiger partial charge < -0.3 is 15.5 Å². The first-order chi connectivity index (χ1) is 8.38. The predicted octanol–water partition coefficient (Wildman–Crippen LogP) is -1.49. The third-order valence-electron chi connectivity index (χ3n) is 2.63. The van der Waals surface area contributed by atoms with Crippen LogP contribution in [-0.2, 0) is 4.79 Å². The van der Waals surface area contributed by atoms with E-state index >= 15 is 0 Å². The zero-order chi connectivity index (χ0) is 13.7. The molecule has 0 aromatic rings. The first kappa shape index (κ1) is 14.9. The number of urea groups is 1. The van der Waals surface area contributed by atoms with Crippen molar-refractivity contribution in [2.45, 2.75) is 26.1 Å². The molecule has 0 aromatic carbocycles. The van der Waals surface area contributed by atoms with E-state index in [1.54, 1.807) is 4.90 Å². The Kier molecular flexibility index (Phi) is 5.52. The van der Waals surface area contributed by atoms with Gasteiger partial charge in [-0.1, -0.05) is 13.8 Å². The quantitative estimate of drug-likeness (QED) is 0.492. The van der Waals surface area contributed by atoms with Gasteiger partial charge in [-0.05, 0) is 5.92 Å². The number of carbonyl (C=O) groups is 2. The van der Waals surface area contributed by atoms with E-state index in [0.717, 1.165) is 0 Å². The van der Waals surface area contributed by atoms with Crippen molar-refractivity contribution in [2.75, 3.05) is 26.2 Å². The second kappa shape index (κ2) is 6.67. The lowest BCUT2D eigenvalue weighted by Crippen LogP contribution is -2.45. The number of rotatable bonds is 4. The van der Waals surface area contributed by atoms with Gasteiger partial charge in [-0.2, -0.15) is 0 Å². The minimum Gasteiger partial charge on any atom is -0.389 e. The minimum atomic E-state index is -0.826. The van der Waals surface area contributed by atoms with Crippen LogP contribution in [0.25, 0.3) is 0 Å². The Balaban J connectivity index is 2.23. The van der Waals surface area contributed by atoms with Crippen molar-refractivity contribution in [3.05, 3.63) is 0 Å². The van der Waals surface area contributed by atoms with Crippen molar-refractivity contribution >= 4 is 11.9 Å². The molecule has 2 unspecified atom stereocenters. The average molecular weight is 259 g/mol. The van der Waals surface area contributed by atoms with Crippen LogP contribution >= 0.6 is 0 Å². The lowest BCUT2D eigenvalue weighted by molar-refractivity contribution is -0.121. The minimum absolute atomic E-state index is 0.0107. The molecule has 1 heterocycles. The molecule has 1 saturated heterocycles. The largest absolute Gasteiger partial charge is 0.389 e. The summed E-state index contributed by atoms with van der Waals surface area (Å²) < 4.78 is 0. The first-order valence-corrected chi connectivity index (χ1v) is 6.04. The molecule has 0 saturated carbocycles. The third-order valence-corrected chi connectivity index (χ3v) is 2.63. The molecular weight excluding hydrogens is 238 g/mol. The van der Waals surface area contributed by atoms with Crippen LogP contribution in [0.2, 0.25) is 0 Å². The van der Waals surface area contributed by atoms with E-state index in [1.165, 1.54) is 0 Å². The number of β-amino-alcohol motifs (C(OH)–C–C–N with tert-alkyl or cyclic N) is 2. The van der Waals surface area contributed by atoms with E-state index < -0.39 is 24.1 Å². The summed E-state index contributed by atoms with van der Waals surface area (Å²) in [5.74, 6) is -0.132. The molecule has 1 aliphatic heterocycles. The van der Waals surface area contributed by atoms with E-state index in [0.29, 0.717) is 12.5 Å². The molecule has 0 spiro atoms. The van der Waals surface area contributed by atoms with Gasteiger partial charge in [-0.25, -0.2) is 4.79 Å². The van der Waals surface area contributed by atoms with Crippen molar-refractivity contribution in [1.29, 1.82) is 0 Å². The fraction of sp³-hybridized carbons (Fsp3) is 0.818. The molecule has 4 N–H and O–H groups in total. The van der Waals surface area contributed by atoms with Gasteiger partial charge in [0.1, 0.15) is 0 Å². The van der Waals surface area contributed by atoms with Crippen LogP contribution in [0.1, 0.15) is 13.8 Å². The van der Waals surface area contributed by atoms with Crippen LogP contribution in [0.3, 0.4) is 0 Å². The Morgan fingerprint density at radius 3 is 2.33 bits per heavy atom. The topological polar surface area (TPSA) is 102 Å². The zero-order valence-corrected chi connectivity index (χ0v) is 10.7. The number of hydrogen-bond donors (Lipinski definition) is 4. The fourth-order valence-electron chi connectivity index (χ4n) is 1.69. The van der Waals surface area contributed by atoms with E-state index in [2.05, 4.69) is 10.6 Å². The Morgan fingerprint density at radius 2 is 1.83 bits per heavy atom. The Bertz CT molecular complexity index is 299. The van der Waals surface area contributed by atoms with Gasteiger partial charge in [-0.15, -0.1) is 0 Å². The van der Waals surface area contributed by atoms with Crippen molar-refractivity contribution < 1.29 is 19.8 Å². The second-order valence-corrected chi connectivity index (χ2v) is 4.98. The van der Waals surface area contributed by atoms with Crippen LogP contribution < -0.4 is 10.6 Å². The molecule has 0 aliphatic carbocycles. The van der Waals surface area contributed by atoms with Crippen molar-refractivity contribution in [3.8, 4) is 0 Å². The monoisotopic (exact) mass is 259 g/mol. The van der Waals surface area contributed by atoms with Gasteiger partial charge >= 0.3 is 6.03 Å². The number of carbonyl (C=O) groups excluding carboxylic acids is 2. The smallest absolute Gasteiger partial charge is 0.321 e. The van der Waals surface area contributed by atoms with E-state index in [1.807, 2.05) is 13.8 Å². The predicted molar refractivity (Wildman–Crippen MR) is 64.8 cm³/mol. The molecule has 1 fully saturated rings. The molecule has 1 rings (SSSR count). The highest BCUT2D eigenvalue weighted by atomic mass is 16.3. The Hall–Kier alpha value is -1.18. The van der Waals surface area contributed by atoms with Crippen LogP contribution in [-0.4, -0.2) is 65.4 Å². The Morgan fingerprint density at radius 1 is 1.28 bits per heavy atom. The number of hydrogen-bond acceptors (Lipinski definition) is 5. The number of nitrogens with zero attached hydrogens (tertiary/aromatic N) is 1. The van der Waals surface area contributed by atoms with E-state index in [9.17, 15) is 19.8 Å². The molecular formula is C11H21N3O4. The number of amides is 3. The number of nitrogens with one attached hydrogen (secondary N) is 2. The highest BCUT2D eigenvalue weighted by Crippen LogP contribution is 2.08. The molecule has 0 aromatic heterocycles. The lowest BCUT2D eigenvalue weighted by Gasteiger charge is -2.14. The lowest BCUT2D eigenvalue weighted by atomic mass is 10.2. The van der Waals surface area contributed by atoms with Crippen LogP contribution in [0.5, 0.6) is 0 Å². The standard InChI is InChI=1S/C11H21N3O4/c1-7(2)3-12-11(18)13-10(17)6-14-4-8(15)9(16)5-14/h7-9,15-16H,3-6H2,1-2H3,(H2,12,13,17,18). The SMILES string of the molecule is CC(C)CNC(=O)NC(=O)CN1CC(O)C(O)C1. The molecule has 0 bridgehead atoms. The van der Waals surface area contributed by atoms with Crippen molar-refractivity contribution in [3.63, 3.8) is 0 Å². The Labute approximate surface area is 106 Å². The first-order valence-electron chi connectivity index (χ1n) is 6.04. The number of aliphatic hydroxyl groups excluding tert-OH is 2. The van der Waals surface area contributed by atoms with Gasteiger partial charge in [0.15, 0.2) is 0 Å². The summed E-state index contributed by atoms with van der Waals surface area (Å²) in [4.78, 5) is 24.4. The highest BCUT2D eigenvalue weighted by molar-refractivity contribution is 5.95. The van der Waals surface area contributed by atoms with Crippen LogP contribution in [0.4, 0.5) is 4.79 Å². The number of aliphatic hydroxyl groups is 2. The maximum atomic E-state index is 11.5. The van der Waals surface area contributed by atoms with Crippen molar-refractivity contribution in [2.24, 2.45) is 5.92 Å². The van der Waals surface area contributed by atoms with Crippen LogP contribution in [0, 0.1) is 5.92 Å². The molecule has 0 radical (unpaired) electrons. The maximum absolute atomic E-state index is 11.5. The third kappa shape index (κ3) is 4.99. The molecule has 7 nitrogen and oxygen atoms in total. The average Bonchev–Trinajstić information content (AvgIpc) is 2.54. The number of imide groups is 1. The van der Waals surface area contributed by atoms with E-state index in [-0.39, 0.29) is 19.6 Å². The van der Waals surface area contributed by atoms with Gasteiger partial charge in [0.25, 0.3) is 0 Å². The highest BCUT2D eigenvalue weighted by Gasteiger charge is 2.30. The summed E-state index contributed by atoms with van der Waals surface area (Å²) in [7, 11) is 0. The zero-order valence-electron chi connectivity index (χ0n) is 10.7. The van der Waals surface area contributed by atoms with Crippen LogP contribution in [0.15, 0.2) is 0 Å². The summed E-state index contributed by atoms with van der Waals surface area (Å²) in [5, 5.41) is 23.4. The molecule has 7 heteroatoms. The van der Waals surface area contributed by atoms with Gasteiger partial charge in [0, 0.05) is 19.6 Å². The molecule has 18 heavy (non-hydrogen) atoms. The molecule has 2 atom stereocenters. The van der Waals surface area contributed by atoms with Crippen molar-refractivity contribution in [1.82, 2.24) is 15.5 Å². The van der Waals surface area contributed by atoms with E-state index in [4.69, 9.17) is 0 Å².